The fourth-order valence-corrected chi connectivity index (χ4v) is 3.81. The van der Waals surface area contributed by atoms with E-state index in [-0.39, 0.29) is 0 Å². The van der Waals surface area contributed by atoms with Crippen LogP contribution in [0, 0.1) is 10.5 Å². The highest BCUT2D eigenvalue weighted by atomic mass is 127. The predicted octanol–water partition coefficient (Wildman–Crippen LogP) is 4.55. The van der Waals surface area contributed by atoms with Gasteiger partial charge in [0.05, 0.1) is 0 Å². The Hall–Kier alpha value is 0.200. The van der Waals surface area contributed by atoms with Crippen LogP contribution < -0.4 is 0 Å². The summed E-state index contributed by atoms with van der Waals surface area (Å²) in [5.74, 6) is 0.607. The Morgan fingerprint density at radius 3 is 2.92 bits per heavy atom. The van der Waals surface area contributed by atoms with Crippen molar-refractivity contribution in [2.75, 3.05) is 0 Å². The highest BCUT2D eigenvalue weighted by Crippen LogP contribution is 2.32. The van der Waals surface area contributed by atoms with Gasteiger partial charge in [0.15, 0.2) is 0 Å². The molecule has 0 spiro atoms. The number of hydrogen-bond donors (Lipinski definition) is 0. The summed E-state index contributed by atoms with van der Waals surface area (Å²) in [6, 6.07) is 4.32. The van der Waals surface area contributed by atoms with E-state index in [2.05, 4.69) is 47.0 Å². The summed E-state index contributed by atoms with van der Waals surface area (Å²) < 4.78 is 2.66. The van der Waals surface area contributed by atoms with Crippen molar-refractivity contribution in [3.8, 4) is 0 Å². The molecule has 68 valence electrons. The van der Waals surface area contributed by atoms with Crippen molar-refractivity contribution in [2.24, 2.45) is 0 Å². The molecule has 1 aromatic carbocycles. The minimum absolute atomic E-state index is 0.607. The molecule has 2 aromatic rings. The van der Waals surface area contributed by atoms with E-state index in [9.17, 15) is 0 Å². The Morgan fingerprint density at radius 1 is 1.46 bits per heavy atom. The van der Waals surface area contributed by atoms with Gasteiger partial charge < -0.3 is 0 Å². The molecule has 0 atom stereocenters. The summed E-state index contributed by atoms with van der Waals surface area (Å²) in [4.78, 5) is 0. The fourth-order valence-electron chi connectivity index (χ4n) is 1.44. The monoisotopic (exact) mass is 322 g/mol. The predicted molar refractivity (Wildman–Crippen MR) is 68.8 cm³/mol. The van der Waals surface area contributed by atoms with E-state index in [1.165, 1.54) is 24.8 Å². The van der Waals surface area contributed by atoms with Gasteiger partial charge in [0.2, 0.25) is 0 Å². The van der Waals surface area contributed by atoms with Crippen molar-refractivity contribution < 1.29 is 0 Å². The van der Waals surface area contributed by atoms with Crippen molar-refractivity contribution in [3.05, 3.63) is 32.2 Å². The Balaban J connectivity index is 2.88. The SMILES string of the molecule is Cc1ccc2scc(I)c2c1CCl. The lowest BCUT2D eigenvalue weighted by molar-refractivity contribution is 1.34. The molecule has 0 amide bonds. The molecule has 0 bridgehead atoms. The molecule has 0 saturated heterocycles. The van der Waals surface area contributed by atoms with Gasteiger partial charge in [-0.15, -0.1) is 22.9 Å². The van der Waals surface area contributed by atoms with Gasteiger partial charge in [-0.1, -0.05) is 6.07 Å². The average molecular weight is 323 g/mol. The molecule has 0 N–H and O–H groups in total. The van der Waals surface area contributed by atoms with Gasteiger partial charge in [-0.25, -0.2) is 0 Å². The van der Waals surface area contributed by atoms with Crippen LogP contribution in [-0.2, 0) is 5.88 Å². The van der Waals surface area contributed by atoms with E-state index in [1.807, 2.05) is 0 Å². The Labute approximate surface area is 100 Å². The standard InChI is InChI=1S/C10H8ClIS/c1-6-2-3-9-10(7(6)4-11)8(12)5-13-9/h2-3,5H,4H2,1H3. The molecule has 0 nitrogen and oxygen atoms in total. The maximum Gasteiger partial charge on any atom is 0.0483 e. The van der Waals surface area contributed by atoms with Gasteiger partial charge in [0, 0.05) is 24.9 Å². The first-order chi connectivity index (χ1) is 6.24. The molecule has 0 aliphatic rings. The van der Waals surface area contributed by atoms with Gasteiger partial charge in [-0.2, -0.15) is 0 Å². The Bertz CT molecular complexity index is 447. The molecule has 0 saturated carbocycles. The zero-order chi connectivity index (χ0) is 9.42. The summed E-state index contributed by atoms with van der Waals surface area (Å²) in [5, 5.41) is 3.53. The van der Waals surface area contributed by atoms with E-state index in [4.69, 9.17) is 11.6 Å². The summed E-state index contributed by atoms with van der Waals surface area (Å²) in [6.07, 6.45) is 0. The largest absolute Gasteiger partial charge is 0.143 e. The van der Waals surface area contributed by atoms with Crippen LogP contribution in [0.4, 0.5) is 0 Å². The second-order valence-corrected chi connectivity index (χ2v) is 5.29. The van der Waals surface area contributed by atoms with E-state index < -0.39 is 0 Å². The van der Waals surface area contributed by atoms with Gasteiger partial charge in [0.1, 0.15) is 0 Å². The number of fused-ring (bicyclic) bond motifs is 1. The third-order valence-electron chi connectivity index (χ3n) is 2.17. The lowest BCUT2D eigenvalue weighted by Crippen LogP contribution is -1.85. The molecule has 2 rings (SSSR count). The lowest BCUT2D eigenvalue weighted by Gasteiger charge is -2.03. The topological polar surface area (TPSA) is 0 Å². The van der Waals surface area contributed by atoms with Crippen LogP contribution in [0.25, 0.3) is 10.1 Å². The molecular weight excluding hydrogens is 315 g/mol. The molecular formula is C10H8ClIS. The van der Waals surface area contributed by atoms with Crippen molar-refractivity contribution >= 4 is 55.6 Å². The number of alkyl halides is 1. The second-order valence-electron chi connectivity index (χ2n) is 2.95. The Morgan fingerprint density at radius 2 is 2.23 bits per heavy atom. The van der Waals surface area contributed by atoms with Crippen LogP contribution in [-0.4, -0.2) is 0 Å². The number of halogens is 2. The molecule has 13 heavy (non-hydrogen) atoms. The Kier molecular flexibility index (Phi) is 2.81. The van der Waals surface area contributed by atoms with E-state index in [0.29, 0.717) is 5.88 Å². The van der Waals surface area contributed by atoms with Crippen LogP contribution in [0.3, 0.4) is 0 Å². The normalized spacial score (nSPS) is 11.0. The van der Waals surface area contributed by atoms with Crippen LogP contribution in [0.15, 0.2) is 17.5 Å². The quantitative estimate of drug-likeness (QED) is 0.533. The minimum Gasteiger partial charge on any atom is -0.143 e. The average Bonchev–Trinajstić information content (AvgIpc) is 2.49. The first-order valence-electron chi connectivity index (χ1n) is 3.95. The van der Waals surface area contributed by atoms with Crippen molar-refractivity contribution in [2.45, 2.75) is 12.8 Å². The number of hydrogen-bond acceptors (Lipinski definition) is 1. The summed E-state index contributed by atoms with van der Waals surface area (Å²) >= 11 is 10.1. The smallest absolute Gasteiger partial charge is 0.0483 e. The molecule has 3 heteroatoms. The van der Waals surface area contributed by atoms with Gasteiger partial charge in [-0.05, 0) is 46.7 Å². The third kappa shape index (κ3) is 1.60. The zero-order valence-corrected chi connectivity index (χ0v) is 10.8. The molecule has 0 aliphatic heterocycles. The summed E-state index contributed by atoms with van der Waals surface area (Å²) in [5.41, 5.74) is 2.57. The van der Waals surface area contributed by atoms with Crippen molar-refractivity contribution in [3.63, 3.8) is 0 Å². The van der Waals surface area contributed by atoms with E-state index >= 15 is 0 Å². The van der Waals surface area contributed by atoms with Gasteiger partial charge in [-0.3, -0.25) is 0 Å². The van der Waals surface area contributed by atoms with Gasteiger partial charge in [0.25, 0.3) is 0 Å². The van der Waals surface area contributed by atoms with E-state index in [0.717, 1.165) is 0 Å². The third-order valence-corrected chi connectivity index (χ3v) is 4.66. The number of aryl methyl sites for hydroxylation is 1. The van der Waals surface area contributed by atoms with Crippen LogP contribution in [0.2, 0.25) is 0 Å². The highest BCUT2D eigenvalue weighted by Gasteiger charge is 2.08. The number of thiophene rings is 1. The van der Waals surface area contributed by atoms with Crippen molar-refractivity contribution in [1.82, 2.24) is 0 Å². The van der Waals surface area contributed by atoms with E-state index in [1.54, 1.807) is 11.3 Å². The van der Waals surface area contributed by atoms with Crippen LogP contribution in [0.1, 0.15) is 11.1 Å². The number of benzene rings is 1. The maximum atomic E-state index is 5.94. The minimum atomic E-state index is 0.607. The molecule has 1 aromatic heterocycles. The summed E-state index contributed by atoms with van der Waals surface area (Å²) in [6.45, 7) is 2.12. The maximum absolute atomic E-state index is 5.94. The fraction of sp³-hybridized carbons (Fsp3) is 0.200. The number of rotatable bonds is 1. The molecule has 0 fully saturated rings. The zero-order valence-electron chi connectivity index (χ0n) is 7.10. The van der Waals surface area contributed by atoms with Gasteiger partial charge >= 0.3 is 0 Å². The first-order valence-corrected chi connectivity index (χ1v) is 6.44. The van der Waals surface area contributed by atoms with Crippen LogP contribution >= 0.6 is 45.5 Å². The lowest BCUT2D eigenvalue weighted by atomic mass is 10.1. The van der Waals surface area contributed by atoms with Crippen LogP contribution in [0.5, 0.6) is 0 Å². The highest BCUT2D eigenvalue weighted by molar-refractivity contribution is 14.1. The molecule has 0 radical (unpaired) electrons. The van der Waals surface area contributed by atoms with Crippen molar-refractivity contribution in [1.29, 1.82) is 0 Å². The molecule has 0 aliphatic carbocycles. The first kappa shape index (κ1) is 9.74. The second kappa shape index (κ2) is 3.75. The molecule has 0 unspecified atom stereocenters. The summed E-state index contributed by atoms with van der Waals surface area (Å²) in [7, 11) is 0. The molecule has 1 heterocycles.